The summed E-state index contributed by atoms with van der Waals surface area (Å²) in [7, 11) is 0. The Labute approximate surface area is 115 Å². The summed E-state index contributed by atoms with van der Waals surface area (Å²) in [6.45, 7) is 7.93. The van der Waals surface area contributed by atoms with Gasteiger partial charge in [0, 0.05) is 11.6 Å². The van der Waals surface area contributed by atoms with Crippen LogP contribution in [0.5, 0.6) is 0 Å². The Kier molecular flexibility index (Phi) is 3.17. The number of hydrogen-bond donors (Lipinski definition) is 0. The van der Waals surface area contributed by atoms with Gasteiger partial charge in [0.15, 0.2) is 0 Å². The van der Waals surface area contributed by atoms with Crippen molar-refractivity contribution in [3.05, 3.63) is 35.1 Å². The lowest BCUT2D eigenvalue weighted by Crippen LogP contribution is -2.40. The monoisotopic (exact) mass is 261 g/mol. The SMILES string of the molecule is CC(C)(C)N1CCCC1c1cccc(F)c1C1CC1. The predicted molar refractivity (Wildman–Crippen MR) is 76.8 cm³/mol. The number of halogens is 1. The van der Waals surface area contributed by atoms with Crippen molar-refractivity contribution in [2.24, 2.45) is 0 Å². The Balaban J connectivity index is 1.99. The zero-order valence-corrected chi connectivity index (χ0v) is 12.2. The van der Waals surface area contributed by atoms with E-state index in [9.17, 15) is 4.39 Å². The molecule has 2 aliphatic rings. The lowest BCUT2D eigenvalue weighted by molar-refractivity contribution is 0.121. The molecule has 2 fully saturated rings. The van der Waals surface area contributed by atoms with E-state index >= 15 is 0 Å². The van der Waals surface area contributed by atoms with Crippen molar-refractivity contribution in [2.45, 2.75) is 64.0 Å². The van der Waals surface area contributed by atoms with Crippen molar-refractivity contribution in [2.75, 3.05) is 6.54 Å². The first-order chi connectivity index (χ1) is 8.98. The average molecular weight is 261 g/mol. The lowest BCUT2D eigenvalue weighted by atomic mass is 9.93. The van der Waals surface area contributed by atoms with Gasteiger partial charge in [0.05, 0.1) is 0 Å². The molecule has 1 atom stereocenters. The highest BCUT2D eigenvalue weighted by Crippen LogP contribution is 2.47. The van der Waals surface area contributed by atoms with Gasteiger partial charge in [-0.1, -0.05) is 12.1 Å². The third-order valence-corrected chi connectivity index (χ3v) is 4.55. The van der Waals surface area contributed by atoms with Crippen molar-refractivity contribution in [1.82, 2.24) is 4.90 Å². The second-order valence-corrected chi connectivity index (χ2v) is 7.04. The van der Waals surface area contributed by atoms with Gasteiger partial charge < -0.3 is 0 Å². The summed E-state index contributed by atoms with van der Waals surface area (Å²) >= 11 is 0. The Morgan fingerprint density at radius 3 is 2.53 bits per heavy atom. The minimum atomic E-state index is 0.0146. The molecule has 19 heavy (non-hydrogen) atoms. The van der Waals surface area contributed by atoms with Crippen LogP contribution in [0.25, 0.3) is 0 Å². The van der Waals surface area contributed by atoms with Gasteiger partial charge in [-0.2, -0.15) is 0 Å². The second kappa shape index (κ2) is 4.59. The maximum absolute atomic E-state index is 14.2. The van der Waals surface area contributed by atoms with Crippen LogP contribution in [0.3, 0.4) is 0 Å². The molecule has 2 heteroatoms. The van der Waals surface area contributed by atoms with E-state index in [0.29, 0.717) is 12.0 Å². The fourth-order valence-corrected chi connectivity index (χ4v) is 3.54. The fourth-order valence-electron chi connectivity index (χ4n) is 3.54. The fraction of sp³-hybridized carbons (Fsp3) is 0.647. The Morgan fingerprint density at radius 2 is 1.89 bits per heavy atom. The summed E-state index contributed by atoms with van der Waals surface area (Å²) in [5, 5.41) is 0. The summed E-state index contributed by atoms with van der Waals surface area (Å²) in [4.78, 5) is 2.55. The molecule has 1 heterocycles. The van der Waals surface area contributed by atoms with Gasteiger partial charge >= 0.3 is 0 Å². The molecule has 3 rings (SSSR count). The van der Waals surface area contributed by atoms with E-state index < -0.39 is 0 Å². The first-order valence-corrected chi connectivity index (χ1v) is 7.53. The maximum Gasteiger partial charge on any atom is 0.127 e. The summed E-state index contributed by atoms with van der Waals surface area (Å²) in [5.74, 6) is 0.499. The van der Waals surface area contributed by atoms with Gasteiger partial charge in [-0.25, -0.2) is 4.39 Å². The quantitative estimate of drug-likeness (QED) is 0.749. The molecule has 1 aliphatic carbocycles. The molecule has 1 saturated carbocycles. The molecule has 0 radical (unpaired) electrons. The van der Waals surface area contributed by atoms with Crippen LogP contribution in [0.4, 0.5) is 4.39 Å². The standard InChI is InChI=1S/C17H24FN/c1-17(2,3)19-11-5-8-15(19)13-6-4-7-14(18)16(13)12-9-10-12/h4,6-7,12,15H,5,8-11H2,1-3H3. The van der Waals surface area contributed by atoms with Crippen molar-refractivity contribution < 1.29 is 4.39 Å². The Morgan fingerprint density at radius 1 is 1.16 bits per heavy atom. The van der Waals surface area contributed by atoms with E-state index in [1.807, 2.05) is 6.07 Å². The van der Waals surface area contributed by atoms with Crippen LogP contribution < -0.4 is 0 Å². The van der Waals surface area contributed by atoms with E-state index in [-0.39, 0.29) is 11.4 Å². The van der Waals surface area contributed by atoms with Crippen LogP contribution in [0.2, 0.25) is 0 Å². The highest BCUT2D eigenvalue weighted by atomic mass is 19.1. The molecule has 0 N–H and O–H groups in total. The van der Waals surface area contributed by atoms with Crippen LogP contribution in [0.15, 0.2) is 18.2 Å². The zero-order valence-electron chi connectivity index (χ0n) is 12.2. The highest BCUT2D eigenvalue weighted by Gasteiger charge is 2.38. The van der Waals surface area contributed by atoms with E-state index in [1.54, 1.807) is 6.07 Å². The van der Waals surface area contributed by atoms with Crippen molar-refractivity contribution in [3.8, 4) is 0 Å². The van der Waals surface area contributed by atoms with Gasteiger partial charge in [0.1, 0.15) is 5.82 Å². The van der Waals surface area contributed by atoms with E-state index in [2.05, 4.69) is 31.7 Å². The summed E-state index contributed by atoms with van der Waals surface area (Å²) in [5.41, 5.74) is 2.44. The zero-order chi connectivity index (χ0) is 13.6. The van der Waals surface area contributed by atoms with Gasteiger partial charge in [-0.05, 0) is 76.1 Å². The predicted octanol–water partition coefficient (Wildman–Crippen LogP) is 4.64. The number of hydrogen-bond acceptors (Lipinski definition) is 1. The average Bonchev–Trinajstić information content (AvgIpc) is 3.03. The molecular weight excluding hydrogens is 237 g/mol. The Bertz CT molecular complexity index is 471. The molecule has 0 spiro atoms. The van der Waals surface area contributed by atoms with E-state index in [4.69, 9.17) is 0 Å². The van der Waals surface area contributed by atoms with Crippen LogP contribution >= 0.6 is 0 Å². The third kappa shape index (κ3) is 2.43. The molecule has 0 aromatic heterocycles. The lowest BCUT2D eigenvalue weighted by Gasteiger charge is -2.38. The number of benzene rings is 1. The molecule has 1 nitrogen and oxygen atoms in total. The van der Waals surface area contributed by atoms with Gasteiger partial charge in [-0.3, -0.25) is 4.90 Å². The maximum atomic E-state index is 14.2. The molecular formula is C17H24FN. The summed E-state index contributed by atoms with van der Waals surface area (Å²) in [6, 6.07) is 6.08. The molecule has 0 bridgehead atoms. The number of rotatable bonds is 2. The van der Waals surface area contributed by atoms with Gasteiger partial charge in [0.25, 0.3) is 0 Å². The molecule has 1 saturated heterocycles. The summed E-state index contributed by atoms with van der Waals surface area (Å²) in [6.07, 6.45) is 4.72. The molecule has 0 amide bonds. The smallest absolute Gasteiger partial charge is 0.127 e. The normalized spacial score (nSPS) is 24.9. The highest BCUT2D eigenvalue weighted by molar-refractivity contribution is 5.37. The van der Waals surface area contributed by atoms with Crippen molar-refractivity contribution in [1.29, 1.82) is 0 Å². The molecule has 104 valence electrons. The van der Waals surface area contributed by atoms with Crippen molar-refractivity contribution >= 4 is 0 Å². The topological polar surface area (TPSA) is 3.24 Å². The first-order valence-electron chi connectivity index (χ1n) is 7.53. The van der Waals surface area contributed by atoms with Crippen LogP contribution in [-0.4, -0.2) is 17.0 Å². The van der Waals surface area contributed by atoms with Crippen molar-refractivity contribution in [3.63, 3.8) is 0 Å². The third-order valence-electron chi connectivity index (χ3n) is 4.55. The molecule has 1 aromatic rings. The number of nitrogens with zero attached hydrogens (tertiary/aromatic N) is 1. The summed E-state index contributed by atoms with van der Waals surface area (Å²) < 4.78 is 14.2. The van der Waals surface area contributed by atoms with Gasteiger partial charge in [0.2, 0.25) is 0 Å². The number of likely N-dealkylation sites (tertiary alicyclic amines) is 1. The molecule has 1 aliphatic heterocycles. The molecule has 1 aromatic carbocycles. The minimum absolute atomic E-state index is 0.0146. The molecule has 1 unspecified atom stereocenters. The van der Waals surface area contributed by atoms with Crippen LogP contribution in [0, 0.1) is 5.82 Å². The van der Waals surface area contributed by atoms with Crippen LogP contribution in [0.1, 0.15) is 69.5 Å². The van der Waals surface area contributed by atoms with E-state index in [1.165, 1.54) is 18.4 Å². The largest absolute Gasteiger partial charge is 0.291 e. The van der Waals surface area contributed by atoms with Gasteiger partial charge in [-0.15, -0.1) is 0 Å². The van der Waals surface area contributed by atoms with Crippen LogP contribution in [-0.2, 0) is 0 Å². The first kappa shape index (κ1) is 13.1. The second-order valence-electron chi connectivity index (χ2n) is 7.04. The van der Waals surface area contributed by atoms with E-state index in [0.717, 1.165) is 24.9 Å². The Hall–Kier alpha value is -0.890. The minimum Gasteiger partial charge on any atom is -0.291 e.